The van der Waals surface area contributed by atoms with Crippen molar-refractivity contribution in [3.8, 4) is 0 Å². The van der Waals surface area contributed by atoms with Crippen LogP contribution in [0.15, 0.2) is 4.90 Å². The summed E-state index contributed by atoms with van der Waals surface area (Å²) in [7, 11) is -4.12. The molecule has 0 atom stereocenters. The Hall–Kier alpha value is -1.94. The average molecular weight is 316 g/mol. The Morgan fingerprint density at radius 1 is 1.38 bits per heavy atom. The predicted molar refractivity (Wildman–Crippen MR) is 71.3 cm³/mol. The zero-order valence-electron chi connectivity index (χ0n) is 11.4. The molecule has 2 rings (SSSR count). The van der Waals surface area contributed by atoms with E-state index >= 15 is 0 Å². The van der Waals surface area contributed by atoms with Crippen LogP contribution in [0.25, 0.3) is 0 Å². The molecule has 2 heterocycles. The van der Waals surface area contributed by atoms with Crippen LogP contribution in [0.1, 0.15) is 29.0 Å². The van der Waals surface area contributed by atoms with E-state index in [1.54, 1.807) is 4.90 Å². The van der Waals surface area contributed by atoms with Crippen LogP contribution in [0, 0.1) is 6.92 Å². The maximum absolute atomic E-state index is 12.2. The third-order valence-corrected chi connectivity index (χ3v) is 4.80. The number of carbonyl (C=O) groups is 2. The lowest BCUT2D eigenvalue weighted by molar-refractivity contribution is -0.128. The van der Waals surface area contributed by atoms with Crippen molar-refractivity contribution >= 4 is 21.9 Å². The van der Waals surface area contributed by atoms with Gasteiger partial charge in [0, 0.05) is 13.1 Å². The van der Waals surface area contributed by atoms with Gasteiger partial charge in [-0.25, -0.2) is 17.9 Å². The van der Waals surface area contributed by atoms with E-state index in [4.69, 9.17) is 5.11 Å². The van der Waals surface area contributed by atoms with Gasteiger partial charge in [-0.1, -0.05) is 0 Å². The van der Waals surface area contributed by atoms with Gasteiger partial charge in [-0.3, -0.25) is 9.89 Å². The minimum atomic E-state index is -4.12. The van der Waals surface area contributed by atoms with Crippen molar-refractivity contribution in [1.82, 2.24) is 19.8 Å². The van der Waals surface area contributed by atoms with Gasteiger partial charge in [0.15, 0.2) is 5.69 Å². The molecule has 1 aromatic heterocycles. The summed E-state index contributed by atoms with van der Waals surface area (Å²) >= 11 is 0. The highest BCUT2D eigenvalue weighted by molar-refractivity contribution is 7.89. The Labute approximate surface area is 121 Å². The number of likely N-dealkylation sites (tertiary alicyclic amines) is 1. The molecule has 116 valence electrons. The number of aryl methyl sites for hydroxylation is 1. The first kappa shape index (κ1) is 15.4. The van der Waals surface area contributed by atoms with Crippen LogP contribution < -0.4 is 4.72 Å². The van der Waals surface area contributed by atoms with Crippen molar-refractivity contribution in [3.63, 3.8) is 0 Å². The summed E-state index contributed by atoms with van der Waals surface area (Å²) in [5, 5.41) is 14.7. The fraction of sp³-hybridized carbons (Fsp3) is 0.545. The van der Waals surface area contributed by atoms with Crippen LogP contribution in [0.3, 0.4) is 0 Å². The number of amides is 1. The van der Waals surface area contributed by atoms with Crippen molar-refractivity contribution in [2.75, 3.05) is 19.6 Å². The van der Waals surface area contributed by atoms with E-state index in [0.717, 1.165) is 12.8 Å². The molecule has 0 radical (unpaired) electrons. The minimum absolute atomic E-state index is 0.105. The van der Waals surface area contributed by atoms with E-state index < -0.39 is 33.1 Å². The van der Waals surface area contributed by atoms with E-state index in [-0.39, 0.29) is 11.6 Å². The molecular weight excluding hydrogens is 300 g/mol. The molecule has 0 aliphatic carbocycles. The second-order valence-electron chi connectivity index (χ2n) is 4.74. The van der Waals surface area contributed by atoms with Gasteiger partial charge in [-0.05, 0) is 19.8 Å². The molecule has 1 aliphatic rings. The molecule has 0 aromatic carbocycles. The van der Waals surface area contributed by atoms with Gasteiger partial charge in [-0.15, -0.1) is 0 Å². The number of aromatic amines is 1. The maximum atomic E-state index is 12.2. The Kier molecular flexibility index (Phi) is 4.28. The molecule has 0 bridgehead atoms. The molecule has 1 amide bonds. The van der Waals surface area contributed by atoms with Crippen molar-refractivity contribution in [3.05, 3.63) is 11.4 Å². The second-order valence-corrected chi connectivity index (χ2v) is 6.45. The number of sulfonamides is 1. The van der Waals surface area contributed by atoms with Gasteiger partial charge in [0.05, 0.1) is 12.2 Å². The molecule has 1 fully saturated rings. The van der Waals surface area contributed by atoms with Crippen LogP contribution in [-0.4, -0.2) is 60.1 Å². The van der Waals surface area contributed by atoms with E-state index in [0.29, 0.717) is 13.1 Å². The SMILES string of the molecule is Cc1[nH]nc(C(=O)O)c1S(=O)(=O)NCC(=O)N1CCCC1. The summed E-state index contributed by atoms with van der Waals surface area (Å²) in [5.41, 5.74) is -0.484. The van der Waals surface area contributed by atoms with Crippen molar-refractivity contribution in [1.29, 1.82) is 0 Å². The number of nitrogens with one attached hydrogen (secondary N) is 2. The zero-order valence-corrected chi connectivity index (χ0v) is 12.2. The summed E-state index contributed by atoms with van der Waals surface area (Å²) in [6, 6.07) is 0. The summed E-state index contributed by atoms with van der Waals surface area (Å²) in [6.45, 7) is 2.24. The first-order chi connectivity index (χ1) is 9.83. The van der Waals surface area contributed by atoms with E-state index in [1.807, 2.05) is 0 Å². The van der Waals surface area contributed by atoms with Crippen molar-refractivity contribution < 1.29 is 23.1 Å². The van der Waals surface area contributed by atoms with E-state index in [9.17, 15) is 18.0 Å². The highest BCUT2D eigenvalue weighted by atomic mass is 32.2. The summed E-state index contributed by atoms with van der Waals surface area (Å²) in [6.07, 6.45) is 1.81. The maximum Gasteiger partial charge on any atom is 0.357 e. The normalized spacial score (nSPS) is 15.4. The van der Waals surface area contributed by atoms with Gasteiger partial charge < -0.3 is 10.0 Å². The fourth-order valence-electron chi connectivity index (χ4n) is 2.20. The molecule has 21 heavy (non-hydrogen) atoms. The number of rotatable bonds is 5. The van der Waals surface area contributed by atoms with Crippen LogP contribution in [0.2, 0.25) is 0 Å². The number of carboxylic acids is 1. The highest BCUT2D eigenvalue weighted by Gasteiger charge is 2.29. The topological polar surface area (TPSA) is 132 Å². The molecule has 9 nitrogen and oxygen atoms in total. The van der Waals surface area contributed by atoms with Crippen LogP contribution in [-0.2, 0) is 14.8 Å². The number of aromatic nitrogens is 2. The zero-order chi connectivity index (χ0) is 15.6. The van der Waals surface area contributed by atoms with Gasteiger partial charge in [0.25, 0.3) is 0 Å². The monoisotopic (exact) mass is 316 g/mol. The van der Waals surface area contributed by atoms with Crippen molar-refractivity contribution in [2.24, 2.45) is 0 Å². The molecule has 1 saturated heterocycles. The van der Waals surface area contributed by atoms with Gasteiger partial charge in [0.2, 0.25) is 15.9 Å². The van der Waals surface area contributed by atoms with E-state index in [2.05, 4.69) is 14.9 Å². The minimum Gasteiger partial charge on any atom is -0.476 e. The van der Waals surface area contributed by atoms with Crippen molar-refractivity contribution in [2.45, 2.75) is 24.7 Å². The Morgan fingerprint density at radius 3 is 2.57 bits per heavy atom. The lowest BCUT2D eigenvalue weighted by Gasteiger charge is -2.15. The van der Waals surface area contributed by atoms with Gasteiger partial charge >= 0.3 is 5.97 Å². The summed E-state index contributed by atoms with van der Waals surface area (Å²) in [4.78, 5) is 23.9. The second kappa shape index (κ2) is 5.82. The number of aromatic carboxylic acids is 1. The first-order valence-corrected chi connectivity index (χ1v) is 7.87. The Balaban J connectivity index is 2.13. The summed E-state index contributed by atoms with van der Waals surface area (Å²) < 4.78 is 26.4. The van der Waals surface area contributed by atoms with Crippen LogP contribution in [0.5, 0.6) is 0 Å². The molecule has 0 spiro atoms. The number of carboxylic acid groups (broad SMARTS) is 1. The third-order valence-electron chi connectivity index (χ3n) is 3.23. The lowest BCUT2D eigenvalue weighted by atomic mass is 10.4. The third kappa shape index (κ3) is 3.22. The van der Waals surface area contributed by atoms with Crippen LogP contribution >= 0.6 is 0 Å². The molecular formula is C11H16N4O5S. The quantitative estimate of drug-likeness (QED) is 0.659. The van der Waals surface area contributed by atoms with Crippen LogP contribution in [0.4, 0.5) is 0 Å². The number of hydrogen-bond acceptors (Lipinski definition) is 5. The standard InChI is InChI=1S/C11H16N4O5S/c1-7-10(9(11(17)18)14-13-7)21(19,20)12-6-8(16)15-4-2-3-5-15/h12H,2-6H2,1H3,(H,13,14)(H,17,18). The Bertz CT molecular complexity index is 660. The number of hydrogen-bond donors (Lipinski definition) is 3. The number of nitrogens with zero attached hydrogens (tertiary/aromatic N) is 2. The first-order valence-electron chi connectivity index (χ1n) is 6.38. The number of H-pyrrole nitrogens is 1. The number of carbonyl (C=O) groups excluding carboxylic acids is 1. The van der Waals surface area contributed by atoms with E-state index in [1.165, 1.54) is 6.92 Å². The smallest absolute Gasteiger partial charge is 0.357 e. The summed E-state index contributed by atoms with van der Waals surface area (Å²) in [5.74, 6) is -1.78. The highest BCUT2D eigenvalue weighted by Crippen LogP contribution is 2.17. The molecule has 1 aliphatic heterocycles. The predicted octanol–water partition coefficient (Wildman–Crippen LogP) is -0.683. The molecule has 0 saturated carbocycles. The lowest BCUT2D eigenvalue weighted by Crippen LogP contribution is -2.39. The molecule has 0 unspecified atom stereocenters. The van der Waals surface area contributed by atoms with Gasteiger partial charge in [0.1, 0.15) is 4.90 Å². The molecule has 3 N–H and O–H groups in total. The molecule has 10 heteroatoms. The fourth-order valence-corrected chi connectivity index (χ4v) is 3.49. The van der Waals surface area contributed by atoms with Gasteiger partial charge in [-0.2, -0.15) is 5.10 Å². The largest absolute Gasteiger partial charge is 0.476 e. The Morgan fingerprint density at radius 2 is 2.00 bits per heavy atom. The molecule has 1 aromatic rings. The average Bonchev–Trinajstić information content (AvgIpc) is 3.04.